The fourth-order valence-electron chi connectivity index (χ4n) is 5.00. The molecule has 12 nitrogen and oxygen atoms in total. The lowest BCUT2D eigenvalue weighted by atomic mass is 9.92. The number of benzene rings is 1. The van der Waals surface area contributed by atoms with E-state index in [1.165, 1.54) is 4.90 Å². The predicted octanol–water partition coefficient (Wildman–Crippen LogP) is 0.914. The van der Waals surface area contributed by atoms with Crippen molar-refractivity contribution in [3.05, 3.63) is 35.9 Å². The summed E-state index contributed by atoms with van der Waals surface area (Å²) in [5.41, 5.74) is 11.5. The van der Waals surface area contributed by atoms with Crippen LogP contribution in [0.3, 0.4) is 0 Å². The molecule has 0 aromatic heterocycles. The summed E-state index contributed by atoms with van der Waals surface area (Å²) in [6.45, 7) is 2.73. The number of ether oxygens (including phenoxy) is 1. The summed E-state index contributed by atoms with van der Waals surface area (Å²) in [7, 11) is 0. The summed E-state index contributed by atoms with van der Waals surface area (Å²) >= 11 is 0. The second kappa shape index (κ2) is 19.1. The Morgan fingerprint density at radius 3 is 2.21 bits per heavy atom. The number of nitrogens with two attached hydrogens (primary N) is 2. The Bertz CT molecular complexity index is 1020. The highest BCUT2D eigenvalue weighted by molar-refractivity contribution is 5.94. The average Bonchev–Trinajstić information content (AvgIpc) is 2.96. The molecule has 0 saturated heterocycles. The van der Waals surface area contributed by atoms with E-state index < -0.39 is 60.4 Å². The van der Waals surface area contributed by atoms with Gasteiger partial charge in [-0.25, -0.2) is 4.79 Å². The van der Waals surface area contributed by atoms with Crippen LogP contribution in [-0.2, 0) is 35.3 Å². The molecule has 1 saturated carbocycles. The molecule has 0 aliphatic heterocycles. The van der Waals surface area contributed by atoms with Crippen molar-refractivity contribution in [2.75, 3.05) is 13.2 Å². The second-order valence-electron chi connectivity index (χ2n) is 10.8. The van der Waals surface area contributed by atoms with E-state index in [9.17, 15) is 29.1 Å². The molecule has 3 atom stereocenters. The third kappa shape index (κ3) is 11.9. The van der Waals surface area contributed by atoms with Crippen molar-refractivity contribution in [2.45, 2.75) is 96.0 Å². The normalized spacial score (nSPS) is 15.5. The Hall–Kier alpha value is -3.22. The SMILES string of the molecule is CC(C)C[C@H](NC(=O)[C@H](CO)N(C(=O)[C@H](CCC(N)=O)NC(=O)CN)C1CCCCC1)C(=O)OCc1ccccc1.Cl. The summed E-state index contributed by atoms with van der Waals surface area (Å²) in [6, 6.07) is 5.22. The van der Waals surface area contributed by atoms with Gasteiger partial charge in [0.2, 0.25) is 23.6 Å². The zero-order chi connectivity index (χ0) is 30.4. The van der Waals surface area contributed by atoms with E-state index in [0.717, 1.165) is 24.8 Å². The number of carbonyl (C=O) groups excluding carboxylic acids is 5. The molecular weight excluding hydrogens is 566 g/mol. The van der Waals surface area contributed by atoms with Crippen LogP contribution in [0.1, 0.15) is 70.8 Å². The molecule has 2 rings (SSSR count). The number of rotatable bonds is 16. The van der Waals surface area contributed by atoms with Gasteiger partial charge in [0.1, 0.15) is 24.7 Å². The molecule has 0 heterocycles. The summed E-state index contributed by atoms with van der Waals surface area (Å²) in [5.74, 6) is -3.21. The topological polar surface area (TPSA) is 194 Å². The van der Waals surface area contributed by atoms with Gasteiger partial charge in [-0.2, -0.15) is 0 Å². The Morgan fingerprint density at radius 2 is 1.67 bits per heavy atom. The Morgan fingerprint density at radius 1 is 1.02 bits per heavy atom. The summed E-state index contributed by atoms with van der Waals surface area (Å²) < 4.78 is 5.48. The summed E-state index contributed by atoms with van der Waals surface area (Å²) in [5, 5.41) is 15.6. The van der Waals surface area contributed by atoms with E-state index in [1.54, 1.807) is 0 Å². The largest absolute Gasteiger partial charge is 0.459 e. The van der Waals surface area contributed by atoms with Crippen molar-refractivity contribution in [2.24, 2.45) is 17.4 Å². The third-order valence-corrected chi connectivity index (χ3v) is 7.06. The van der Waals surface area contributed by atoms with Crippen molar-refractivity contribution < 1.29 is 33.8 Å². The van der Waals surface area contributed by atoms with E-state index in [1.807, 2.05) is 44.2 Å². The quantitative estimate of drug-likeness (QED) is 0.170. The minimum atomic E-state index is -1.34. The monoisotopic (exact) mass is 611 g/mol. The summed E-state index contributed by atoms with van der Waals surface area (Å²) in [6.07, 6.45) is 3.79. The molecule has 7 N–H and O–H groups in total. The first kappa shape index (κ1) is 36.8. The van der Waals surface area contributed by atoms with Gasteiger partial charge in [0.25, 0.3) is 0 Å². The van der Waals surface area contributed by atoms with Crippen LogP contribution in [0.15, 0.2) is 30.3 Å². The number of aliphatic hydroxyl groups excluding tert-OH is 1. The third-order valence-electron chi connectivity index (χ3n) is 7.06. The molecule has 0 bridgehead atoms. The first-order chi connectivity index (χ1) is 19.6. The Kier molecular flexibility index (Phi) is 16.7. The number of hydrogen-bond acceptors (Lipinski definition) is 8. The maximum Gasteiger partial charge on any atom is 0.328 e. The number of aliphatic hydroxyl groups is 1. The Balaban J connectivity index is 0.00000882. The van der Waals surface area contributed by atoms with Crippen LogP contribution in [-0.4, -0.2) is 76.9 Å². The number of esters is 1. The van der Waals surface area contributed by atoms with Crippen LogP contribution in [0.5, 0.6) is 0 Å². The number of halogens is 1. The molecule has 4 amide bonds. The average molecular weight is 612 g/mol. The molecule has 0 radical (unpaired) electrons. The lowest BCUT2D eigenvalue weighted by Crippen LogP contribution is -2.62. The van der Waals surface area contributed by atoms with Crippen molar-refractivity contribution >= 4 is 42.0 Å². The van der Waals surface area contributed by atoms with Crippen LogP contribution in [0.2, 0.25) is 0 Å². The van der Waals surface area contributed by atoms with Gasteiger partial charge >= 0.3 is 5.97 Å². The fraction of sp³-hybridized carbons (Fsp3) is 0.621. The van der Waals surface area contributed by atoms with Crippen LogP contribution in [0.25, 0.3) is 0 Å². The highest BCUT2D eigenvalue weighted by Crippen LogP contribution is 2.26. The van der Waals surface area contributed by atoms with Gasteiger partial charge < -0.3 is 36.8 Å². The molecule has 1 fully saturated rings. The zero-order valence-electron chi connectivity index (χ0n) is 24.5. The highest BCUT2D eigenvalue weighted by atomic mass is 35.5. The number of carbonyl (C=O) groups is 5. The number of nitrogens with zero attached hydrogens (tertiary/aromatic N) is 1. The predicted molar refractivity (Wildman–Crippen MR) is 159 cm³/mol. The van der Waals surface area contributed by atoms with Gasteiger partial charge in [-0.05, 0) is 37.2 Å². The van der Waals surface area contributed by atoms with Crippen LogP contribution in [0.4, 0.5) is 0 Å². The maximum absolute atomic E-state index is 13.9. The van der Waals surface area contributed by atoms with Crippen molar-refractivity contribution in [3.8, 4) is 0 Å². The maximum atomic E-state index is 13.9. The van der Waals surface area contributed by atoms with Gasteiger partial charge in [0.05, 0.1) is 13.2 Å². The number of hydrogen-bond donors (Lipinski definition) is 5. The minimum absolute atomic E-state index is 0. The van der Waals surface area contributed by atoms with E-state index in [-0.39, 0.29) is 50.7 Å². The van der Waals surface area contributed by atoms with Gasteiger partial charge in [0, 0.05) is 12.5 Å². The fourth-order valence-corrected chi connectivity index (χ4v) is 5.00. The number of amides is 4. The van der Waals surface area contributed by atoms with Crippen molar-refractivity contribution in [3.63, 3.8) is 0 Å². The second-order valence-corrected chi connectivity index (χ2v) is 10.8. The smallest absolute Gasteiger partial charge is 0.328 e. The molecule has 1 aliphatic rings. The lowest BCUT2D eigenvalue weighted by Gasteiger charge is -2.41. The standard InChI is InChI=1S/C29H45N5O7.ClH/c1-19(2)15-23(29(40)41-18-20-9-5-3-6-10-20)33-27(38)24(17-35)34(21-11-7-4-8-12-21)28(39)22(13-14-25(31)36)32-26(37)16-30;/h3,5-6,9-10,19,21-24,35H,4,7-8,11-18,30H2,1-2H3,(H2,31,36)(H,32,37)(H,33,38);1H/t22-,23-,24-;/m0./s1. The molecule has 1 aromatic rings. The molecule has 236 valence electrons. The van der Waals surface area contributed by atoms with Crippen LogP contribution >= 0.6 is 12.4 Å². The molecule has 0 spiro atoms. The van der Waals surface area contributed by atoms with Gasteiger partial charge in [0.15, 0.2) is 0 Å². The van der Waals surface area contributed by atoms with Gasteiger partial charge in [-0.1, -0.05) is 63.4 Å². The lowest BCUT2D eigenvalue weighted by molar-refractivity contribution is -0.153. The molecule has 13 heteroatoms. The highest BCUT2D eigenvalue weighted by Gasteiger charge is 2.40. The zero-order valence-corrected chi connectivity index (χ0v) is 25.3. The van der Waals surface area contributed by atoms with E-state index in [4.69, 9.17) is 16.2 Å². The first-order valence-corrected chi connectivity index (χ1v) is 14.3. The first-order valence-electron chi connectivity index (χ1n) is 14.3. The Labute approximate surface area is 253 Å². The van der Waals surface area contributed by atoms with Crippen LogP contribution < -0.4 is 22.1 Å². The molecule has 0 unspecified atom stereocenters. The molecule has 1 aromatic carbocycles. The minimum Gasteiger partial charge on any atom is -0.459 e. The molecular formula is C29H46ClN5O7. The van der Waals surface area contributed by atoms with Gasteiger partial charge in [-0.3, -0.25) is 19.2 Å². The molecule has 42 heavy (non-hydrogen) atoms. The van der Waals surface area contributed by atoms with Crippen LogP contribution in [0, 0.1) is 5.92 Å². The van der Waals surface area contributed by atoms with E-state index >= 15 is 0 Å². The van der Waals surface area contributed by atoms with E-state index in [2.05, 4.69) is 10.6 Å². The van der Waals surface area contributed by atoms with Crippen molar-refractivity contribution in [1.82, 2.24) is 15.5 Å². The van der Waals surface area contributed by atoms with E-state index in [0.29, 0.717) is 12.8 Å². The number of nitrogens with one attached hydrogen (secondary N) is 2. The van der Waals surface area contributed by atoms with Crippen molar-refractivity contribution in [1.29, 1.82) is 0 Å². The van der Waals surface area contributed by atoms with Gasteiger partial charge in [-0.15, -0.1) is 12.4 Å². The number of primary amides is 1. The molecule has 1 aliphatic carbocycles. The summed E-state index contributed by atoms with van der Waals surface area (Å²) in [4.78, 5) is 65.5.